The summed E-state index contributed by atoms with van der Waals surface area (Å²) in [5.74, 6) is -1.30. The van der Waals surface area contributed by atoms with Gasteiger partial charge >= 0.3 is 0 Å². The molecule has 78 valence electrons. The van der Waals surface area contributed by atoms with E-state index in [1.807, 2.05) is 0 Å². The molecule has 14 heavy (non-hydrogen) atoms. The maximum absolute atomic E-state index is 10.7. The van der Waals surface area contributed by atoms with Crippen molar-refractivity contribution in [2.75, 3.05) is 0 Å². The monoisotopic (exact) mass is 198 g/mol. The molecule has 6 heteroatoms. The molecule has 1 rings (SSSR count). The minimum Gasteiger partial charge on any atom is -0.366 e. The molecule has 0 fully saturated rings. The minimum atomic E-state index is -0.649. The molecule has 0 saturated carbocycles. The molecule has 1 aromatic rings. The van der Waals surface area contributed by atoms with E-state index in [9.17, 15) is 9.59 Å². The SMILES string of the molecule is N.N.NC(=O)c1ccccc1C(N)=O. The second kappa shape index (κ2) is 5.68. The summed E-state index contributed by atoms with van der Waals surface area (Å²) in [7, 11) is 0. The average molecular weight is 198 g/mol. The number of carbonyl (C=O) groups is 2. The topological polar surface area (TPSA) is 156 Å². The number of nitrogens with two attached hydrogens (primary N) is 2. The summed E-state index contributed by atoms with van der Waals surface area (Å²) in [6.07, 6.45) is 0. The van der Waals surface area contributed by atoms with Crippen LogP contribution < -0.4 is 23.8 Å². The van der Waals surface area contributed by atoms with Crippen LogP contribution in [0, 0.1) is 0 Å². The molecular formula is C8H14N4O2. The summed E-state index contributed by atoms with van der Waals surface area (Å²) < 4.78 is 0. The number of amides is 2. The van der Waals surface area contributed by atoms with E-state index < -0.39 is 11.8 Å². The highest BCUT2D eigenvalue weighted by Gasteiger charge is 2.10. The van der Waals surface area contributed by atoms with Crippen molar-refractivity contribution in [1.82, 2.24) is 12.3 Å². The maximum atomic E-state index is 10.7. The van der Waals surface area contributed by atoms with Gasteiger partial charge in [-0.05, 0) is 12.1 Å². The lowest BCUT2D eigenvalue weighted by molar-refractivity contribution is 0.0967. The van der Waals surface area contributed by atoms with E-state index in [1.54, 1.807) is 12.1 Å². The third-order valence-corrected chi connectivity index (χ3v) is 1.46. The van der Waals surface area contributed by atoms with Crippen LogP contribution in [0.4, 0.5) is 0 Å². The molecule has 0 bridgehead atoms. The van der Waals surface area contributed by atoms with E-state index >= 15 is 0 Å². The predicted octanol–water partition coefficient (Wildman–Crippen LogP) is 0.208. The Hall–Kier alpha value is -1.92. The normalized spacial score (nSPS) is 8.00. The molecule has 0 aliphatic rings. The molecule has 1 aromatic carbocycles. The lowest BCUT2D eigenvalue weighted by Crippen LogP contribution is -2.20. The van der Waals surface area contributed by atoms with Crippen molar-refractivity contribution in [2.24, 2.45) is 11.5 Å². The first-order valence-electron chi connectivity index (χ1n) is 3.31. The van der Waals surface area contributed by atoms with Crippen molar-refractivity contribution in [1.29, 1.82) is 0 Å². The zero-order valence-electron chi connectivity index (χ0n) is 7.69. The molecule has 0 aromatic heterocycles. The second-order valence-electron chi connectivity index (χ2n) is 2.27. The fraction of sp³-hybridized carbons (Fsp3) is 0. The molecule has 0 saturated heterocycles. The average Bonchev–Trinajstić information content (AvgIpc) is 2.04. The van der Waals surface area contributed by atoms with Crippen LogP contribution in [0.1, 0.15) is 20.7 Å². The Labute approximate surface area is 81.4 Å². The molecule has 0 heterocycles. The molecule has 0 radical (unpaired) electrons. The quantitative estimate of drug-likeness (QED) is 0.535. The van der Waals surface area contributed by atoms with Crippen molar-refractivity contribution < 1.29 is 9.59 Å². The lowest BCUT2D eigenvalue weighted by atomic mass is 10.1. The zero-order chi connectivity index (χ0) is 9.14. The number of hydrogen-bond acceptors (Lipinski definition) is 4. The van der Waals surface area contributed by atoms with Crippen molar-refractivity contribution in [3.8, 4) is 0 Å². The Morgan fingerprint density at radius 3 is 1.36 bits per heavy atom. The van der Waals surface area contributed by atoms with E-state index in [4.69, 9.17) is 11.5 Å². The van der Waals surface area contributed by atoms with Crippen LogP contribution in [0.2, 0.25) is 0 Å². The third kappa shape index (κ3) is 2.85. The van der Waals surface area contributed by atoms with Gasteiger partial charge in [0.2, 0.25) is 11.8 Å². The van der Waals surface area contributed by atoms with Gasteiger partial charge in [-0.15, -0.1) is 0 Å². The predicted molar refractivity (Wildman–Crippen MR) is 53.5 cm³/mol. The fourth-order valence-electron chi connectivity index (χ4n) is 0.913. The van der Waals surface area contributed by atoms with Gasteiger partial charge in [0.1, 0.15) is 0 Å². The third-order valence-electron chi connectivity index (χ3n) is 1.46. The van der Waals surface area contributed by atoms with Crippen LogP contribution in [0.15, 0.2) is 24.3 Å². The summed E-state index contributed by atoms with van der Waals surface area (Å²) in [5.41, 5.74) is 10.3. The number of hydrogen-bond donors (Lipinski definition) is 4. The highest BCUT2D eigenvalue weighted by Crippen LogP contribution is 2.06. The van der Waals surface area contributed by atoms with Gasteiger partial charge in [-0.3, -0.25) is 9.59 Å². The van der Waals surface area contributed by atoms with Crippen LogP contribution in [0.3, 0.4) is 0 Å². The van der Waals surface area contributed by atoms with Crippen LogP contribution in [0.25, 0.3) is 0 Å². The summed E-state index contributed by atoms with van der Waals surface area (Å²) >= 11 is 0. The van der Waals surface area contributed by atoms with Gasteiger partial charge < -0.3 is 23.8 Å². The highest BCUT2D eigenvalue weighted by molar-refractivity contribution is 6.06. The number of carbonyl (C=O) groups excluding carboxylic acids is 2. The van der Waals surface area contributed by atoms with Crippen molar-refractivity contribution in [3.05, 3.63) is 35.4 Å². The number of primary amides is 2. The van der Waals surface area contributed by atoms with E-state index in [1.165, 1.54) is 12.1 Å². The van der Waals surface area contributed by atoms with E-state index in [-0.39, 0.29) is 23.4 Å². The molecule has 2 amide bonds. The van der Waals surface area contributed by atoms with Crippen molar-refractivity contribution >= 4 is 11.8 Å². The minimum absolute atomic E-state index is 0. The van der Waals surface area contributed by atoms with Crippen LogP contribution in [-0.4, -0.2) is 11.8 Å². The van der Waals surface area contributed by atoms with Gasteiger partial charge in [0.25, 0.3) is 0 Å². The van der Waals surface area contributed by atoms with Gasteiger partial charge in [-0.1, -0.05) is 12.1 Å². The molecule has 0 aliphatic heterocycles. The Kier molecular flexibility index (Phi) is 5.92. The maximum Gasteiger partial charge on any atom is 0.249 e. The molecule has 0 aliphatic carbocycles. The van der Waals surface area contributed by atoms with Crippen molar-refractivity contribution in [3.63, 3.8) is 0 Å². The molecule has 6 nitrogen and oxygen atoms in total. The fourth-order valence-corrected chi connectivity index (χ4v) is 0.913. The zero-order valence-corrected chi connectivity index (χ0v) is 7.69. The van der Waals surface area contributed by atoms with Gasteiger partial charge in [0, 0.05) is 0 Å². The Morgan fingerprint density at radius 2 is 1.14 bits per heavy atom. The number of benzene rings is 1. The Balaban J connectivity index is 0. The Morgan fingerprint density at radius 1 is 0.857 bits per heavy atom. The van der Waals surface area contributed by atoms with E-state index in [0.717, 1.165) is 0 Å². The van der Waals surface area contributed by atoms with Crippen LogP contribution in [0.5, 0.6) is 0 Å². The lowest BCUT2D eigenvalue weighted by Gasteiger charge is -2.00. The first kappa shape index (κ1) is 14.6. The Bertz CT molecular complexity index is 305. The number of rotatable bonds is 2. The molecule has 0 atom stereocenters. The summed E-state index contributed by atoms with van der Waals surface area (Å²) in [4.78, 5) is 21.5. The summed E-state index contributed by atoms with van der Waals surface area (Å²) in [5, 5.41) is 0. The summed E-state index contributed by atoms with van der Waals surface area (Å²) in [6, 6.07) is 6.16. The highest BCUT2D eigenvalue weighted by atomic mass is 16.2. The smallest absolute Gasteiger partial charge is 0.249 e. The van der Waals surface area contributed by atoms with Crippen molar-refractivity contribution in [2.45, 2.75) is 0 Å². The van der Waals surface area contributed by atoms with Gasteiger partial charge in [-0.25, -0.2) is 0 Å². The van der Waals surface area contributed by atoms with E-state index in [2.05, 4.69) is 0 Å². The molecule has 0 unspecified atom stereocenters. The van der Waals surface area contributed by atoms with Gasteiger partial charge in [0.15, 0.2) is 0 Å². The second-order valence-corrected chi connectivity index (χ2v) is 2.27. The van der Waals surface area contributed by atoms with Crippen LogP contribution >= 0.6 is 0 Å². The molecule has 10 N–H and O–H groups in total. The molecule has 0 spiro atoms. The standard InChI is InChI=1S/C8H8N2O2.2H3N/c9-7(11)5-3-1-2-4-6(5)8(10)12;;/h1-4H,(H2,9,11)(H2,10,12);2*1H3. The van der Waals surface area contributed by atoms with Gasteiger partial charge in [-0.2, -0.15) is 0 Å². The largest absolute Gasteiger partial charge is 0.366 e. The first-order chi connectivity index (χ1) is 5.63. The van der Waals surface area contributed by atoms with Crippen LogP contribution in [-0.2, 0) is 0 Å². The van der Waals surface area contributed by atoms with Gasteiger partial charge in [0.05, 0.1) is 11.1 Å². The first-order valence-corrected chi connectivity index (χ1v) is 3.31. The molecular weight excluding hydrogens is 184 g/mol. The van der Waals surface area contributed by atoms with E-state index in [0.29, 0.717) is 0 Å². The summed E-state index contributed by atoms with van der Waals surface area (Å²) in [6.45, 7) is 0.